The first kappa shape index (κ1) is 19.0. The molecule has 4 aromatic rings. The van der Waals surface area contributed by atoms with Gasteiger partial charge >= 0.3 is 0 Å². The SMILES string of the molecule is Cn1c(CNc2ccc(C#N)cc2)nc2cc(C3(C(=O)c4cccnc4)CC3)ccc21. The number of rotatable bonds is 6. The fourth-order valence-electron chi connectivity index (χ4n) is 4.09. The van der Waals surface area contributed by atoms with Crippen LogP contribution in [-0.2, 0) is 19.0 Å². The van der Waals surface area contributed by atoms with Gasteiger partial charge in [-0.05, 0) is 66.9 Å². The maximum absolute atomic E-state index is 13.1. The predicted octanol–water partition coefficient (Wildman–Crippen LogP) is 4.37. The number of hydrogen-bond donors (Lipinski definition) is 1. The van der Waals surface area contributed by atoms with Crippen LogP contribution < -0.4 is 5.32 Å². The number of carbonyl (C=O) groups is 1. The van der Waals surface area contributed by atoms with E-state index in [9.17, 15) is 4.79 Å². The highest BCUT2D eigenvalue weighted by Crippen LogP contribution is 2.50. The minimum absolute atomic E-state index is 0.138. The zero-order valence-corrected chi connectivity index (χ0v) is 17.2. The lowest BCUT2D eigenvalue weighted by Gasteiger charge is -2.14. The number of nitrogens with one attached hydrogen (secondary N) is 1. The fraction of sp³-hybridized carbons (Fsp3) is 0.200. The van der Waals surface area contributed by atoms with Gasteiger partial charge in [-0.25, -0.2) is 4.98 Å². The standard InChI is InChI=1S/C25H21N5O/c1-30-22-9-6-19(25(10-11-25)24(31)18-3-2-12-27-15-18)13-21(22)29-23(30)16-28-20-7-4-17(14-26)5-8-20/h2-9,12-13,15,28H,10-11,16H2,1H3. The topological polar surface area (TPSA) is 83.6 Å². The number of imidazole rings is 1. The van der Waals surface area contributed by atoms with Gasteiger partial charge in [0.25, 0.3) is 0 Å². The minimum Gasteiger partial charge on any atom is -0.378 e. The van der Waals surface area contributed by atoms with Crippen molar-refractivity contribution in [3.05, 3.63) is 89.5 Å². The molecule has 1 aliphatic rings. The van der Waals surface area contributed by atoms with Crippen LogP contribution in [0.25, 0.3) is 11.0 Å². The molecule has 1 fully saturated rings. The first-order chi connectivity index (χ1) is 15.1. The van der Waals surface area contributed by atoms with Crippen LogP contribution in [0, 0.1) is 11.3 Å². The van der Waals surface area contributed by atoms with Crippen molar-refractivity contribution in [2.45, 2.75) is 24.8 Å². The average molecular weight is 407 g/mol. The van der Waals surface area contributed by atoms with Gasteiger partial charge in [-0.2, -0.15) is 5.26 Å². The number of anilines is 1. The molecule has 0 saturated heterocycles. The largest absolute Gasteiger partial charge is 0.378 e. The molecule has 2 heterocycles. The Morgan fingerprint density at radius 1 is 1.19 bits per heavy atom. The van der Waals surface area contributed by atoms with Crippen LogP contribution in [0.15, 0.2) is 67.0 Å². The van der Waals surface area contributed by atoms with Crippen LogP contribution in [0.3, 0.4) is 0 Å². The number of nitrogens with zero attached hydrogens (tertiary/aromatic N) is 4. The third-order valence-electron chi connectivity index (χ3n) is 6.10. The highest BCUT2D eigenvalue weighted by molar-refractivity contribution is 6.06. The molecule has 2 aromatic heterocycles. The van der Waals surface area contributed by atoms with Gasteiger partial charge in [-0.15, -0.1) is 0 Å². The molecule has 152 valence electrons. The molecule has 0 radical (unpaired) electrons. The smallest absolute Gasteiger partial charge is 0.174 e. The van der Waals surface area contributed by atoms with E-state index in [0.717, 1.165) is 41.0 Å². The summed E-state index contributed by atoms with van der Waals surface area (Å²) in [6.07, 6.45) is 5.04. The molecule has 5 rings (SSSR count). The average Bonchev–Trinajstić information content (AvgIpc) is 3.58. The van der Waals surface area contributed by atoms with Crippen molar-refractivity contribution in [1.29, 1.82) is 5.26 Å². The van der Waals surface area contributed by atoms with Crippen LogP contribution in [0.1, 0.15) is 40.2 Å². The first-order valence-electron chi connectivity index (χ1n) is 10.3. The Balaban J connectivity index is 1.40. The second kappa shape index (κ2) is 7.37. The van der Waals surface area contributed by atoms with Gasteiger partial charge in [0.2, 0.25) is 0 Å². The number of Topliss-reactive ketones (excluding diaryl/α,β-unsaturated/α-hetero) is 1. The highest BCUT2D eigenvalue weighted by Gasteiger charge is 2.51. The Bertz CT molecular complexity index is 1310. The van der Waals surface area contributed by atoms with Crippen LogP contribution in [0.5, 0.6) is 0 Å². The van der Waals surface area contributed by atoms with E-state index in [0.29, 0.717) is 17.7 Å². The van der Waals surface area contributed by atoms with Gasteiger partial charge in [0.1, 0.15) is 5.82 Å². The van der Waals surface area contributed by atoms with Crippen LogP contribution >= 0.6 is 0 Å². The van der Waals surface area contributed by atoms with Gasteiger partial charge in [-0.3, -0.25) is 9.78 Å². The summed E-state index contributed by atoms with van der Waals surface area (Å²) < 4.78 is 2.07. The lowest BCUT2D eigenvalue weighted by Crippen LogP contribution is -2.20. The van der Waals surface area contributed by atoms with Crippen LogP contribution in [0.4, 0.5) is 5.69 Å². The molecular weight excluding hydrogens is 386 g/mol. The molecule has 1 saturated carbocycles. The van der Waals surface area contributed by atoms with Crippen molar-refractivity contribution in [1.82, 2.24) is 14.5 Å². The number of benzene rings is 2. The van der Waals surface area contributed by atoms with Crippen molar-refractivity contribution >= 4 is 22.5 Å². The molecule has 0 atom stereocenters. The lowest BCUT2D eigenvalue weighted by atomic mass is 9.88. The van der Waals surface area contributed by atoms with Crippen molar-refractivity contribution in [2.24, 2.45) is 7.05 Å². The highest BCUT2D eigenvalue weighted by atomic mass is 16.1. The van der Waals surface area contributed by atoms with E-state index in [2.05, 4.69) is 39.1 Å². The van der Waals surface area contributed by atoms with E-state index in [1.54, 1.807) is 30.6 Å². The molecule has 6 heteroatoms. The maximum Gasteiger partial charge on any atom is 0.174 e. The molecule has 0 bridgehead atoms. The Morgan fingerprint density at radius 3 is 2.68 bits per heavy atom. The second-order valence-corrected chi connectivity index (χ2v) is 7.99. The quantitative estimate of drug-likeness (QED) is 0.480. The zero-order valence-electron chi connectivity index (χ0n) is 17.2. The summed E-state index contributed by atoms with van der Waals surface area (Å²) in [7, 11) is 2.00. The number of ketones is 1. The third-order valence-corrected chi connectivity index (χ3v) is 6.10. The van der Waals surface area contributed by atoms with Crippen molar-refractivity contribution in [3.8, 4) is 6.07 Å². The third kappa shape index (κ3) is 3.34. The first-order valence-corrected chi connectivity index (χ1v) is 10.3. The molecule has 1 N–H and O–H groups in total. The van der Waals surface area contributed by atoms with Crippen molar-refractivity contribution in [2.75, 3.05) is 5.32 Å². The molecule has 6 nitrogen and oxygen atoms in total. The monoisotopic (exact) mass is 407 g/mol. The number of pyridine rings is 1. The molecule has 1 aliphatic carbocycles. The van der Waals surface area contributed by atoms with E-state index in [1.165, 1.54) is 0 Å². The summed E-state index contributed by atoms with van der Waals surface area (Å²) in [5.41, 5.74) is 4.73. The van der Waals surface area contributed by atoms with E-state index in [1.807, 2.05) is 25.2 Å². The molecule has 0 amide bonds. The number of hydrogen-bond acceptors (Lipinski definition) is 5. The Labute approximate surface area is 180 Å². The summed E-state index contributed by atoms with van der Waals surface area (Å²) in [6.45, 7) is 0.562. The van der Waals surface area contributed by atoms with Gasteiger partial charge in [-0.1, -0.05) is 6.07 Å². The molecule has 0 spiro atoms. The van der Waals surface area contributed by atoms with Crippen molar-refractivity contribution < 1.29 is 4.79 Å². The normalized spacial score (nSPS) is 14.2. The van der Waals surface area contributed by atoms with Gasteiger partial charge in [0.05, 0.1) is 34.6 Å². The Kier molecular flexibility index (Phi) is 4.52. The van der Waals surface area contributed by atoms with Crippen molar-refractivity contribution in [3.63, 3.8) is 0 Å². The number of carbonyl (C=O) groups excluding carboxylic acids is 1. The summed E-state index contributed by atoms with van der Waals surface area (Å²) in [4.78, 5) is 22.1. The number of aromatic nitrogens is 3. The molecule has 0 aliphatic heterocycles. The van der Waals surface area contributed by atoms with E-state index < -0.39 is 5.41 Å². The summed E-state index contributed by atoms with van der Waals surface area (Å²) in [5, 5.41) is 12.3. The van der Waals surface area contributed by atoms with E-state index >= 15 is 0 Å². The molecular formula is C25H21N5O. The number of nitriles is 1. The Hall–Kier alpha value is -3.98. The Morgan fingerprint density at radius 2 is 2.00 bits per heavy atom. The summed E-state index contributed by atoms with van der Waals surface area (Å²) >= 11 is 0. The number of aryl methyl sites for hydroxylation is 1. The second-order valence-electron chi connectivity index (χ2n) is 7.99. The number of fused-ring (bicyclic) bond motifs is 1. The summed E-state index contributed by atoms with van der Waals surface area (Å²) in [6, 6.07) is 19.3. The van der Waals surface area contributed by atoms with Crippen LogP contribution in [0.2, 0.25) is 0 Å². The zero-order chi connectivity index (χ0) is 21.4. The predicted molar refractivity (Wildman–Crippen MR) is 119 cm³/mol. The van der Waals surface area contributed by atoms with E-state index in [4.69, 9.17) is 10.2 Å². The van der Waals surface area contributed by atoms with E-state index in [-0.39, 0.29) is 5.78 Å². The maximum atomic E-state index is 13.1. The van der Waals surface area contributed by atoms with Gasteiger partial charge < -0.3 is 9.88 Å². The van der Waals surface area contributed by atoms with Gasteiger partial charge in [0, 0.05) is 30.7 Å². The van der Waals surface area contributed by atoms with Crippen LogP contribution in [-0.4, -0.2) is 20.3 Å². The van der Waals surface area contributed by atoms with Gasteiger partial charge in [0.15, 0.2) is 5.78 Å². The lowest BCUT2D eigenvalue weighted by molar-refractivity contribution is 0.0946. The molecule has 31 heavy (non-hydrogen) atoms. The summed E-state index contributed by atoms with van der Waals surface area (Å²) in [5.74, 6) is 1.04. The minimum atomic E-state index is -0.449. The fourth-order valence-corrected chi connectivity index (χ4v) is 4.09. The molecule has 0 unspecified atom stereocenters. The molecule has 2 aromatic carbocycles.